The number of hydrogen-bond donors (Lipinski definition) is 2. The Morgan fingerprint density at radius 2 is 1.78 bits per heavy atom. The molecule has 0 unspecified atom stereocenters. The van der Waals surface area contributed by atoms with E-state index >= 15 is 0 Å². The lowest BCUT2D eigenvalue weighted by Crippen LogP contribution is -2.62. The lowest BCUT2D eigenvalue weighted by molar-refractivity contribution is -0.184. The van der Waals surface area contributed by atoms with Gasteiger partial charge in [0, 0.05) is 34.6 Å². The Hall–Kier alpha value is -2.15. The molecule has 0 bridgehead atoms. The zero-order valence-corrected chi connectivity index (χ0v) is 22.9. The molecule has 0 radical (unpaired) electrons. The summed E-state index contributed by atoms with van der Waals surface area (Å²) in [5.74, 6) is -0.455. The van der Waals surface area contributed by atoms with Crippen LogP contribution in [0.3, 0.4) is 0 Å². The largest absolute Gasteiger partial charge is 0.461 e. The number of fused-ring (bicyclic) bond motifs is 5. The molecule has 4 aliphatic rings. The first-order chi connectivity index (χ1) is 16.5. The Kier molecular flexibility index (Phi) is 6.51. The number of ether oxygens (including phenoxy) is 2. The third kappa shape index (κ3) is 4.52. The van der Waals surface area contributed by atoms with Gasteiger partial charge in [-0.3, -0.25) is 9.59 Å². The molecule has 6 atom stereocenters. The minimum absolute atomic E-state index is 0.0607. The second-order valence-electron chi connectivity index (χ2n) is 13.8. The summed E-state index contributed by atoms with van der Waals surface area (Å²) in [7, 11) is 0. The van der Waals surface area contributed by atoms with E-state index in [9.17, 15) is 19.5 Å². The van der Waals surface area contributed by atoms with E-state index in [2.05, 4.69) is 12.2 Å². The van der Waals surface area contributed by atoms with Crippen LogP contribution in [0.1, 0.15) is 87.0 Å². The number of ketones is 1. The molecule has 0 aromatic rings. The normalized spacial score (nSPS) is 37.8. The van der Waals surface area contributed by atoms with Gasteiger partial charge >= 0.3 is 12.1 Å². The lowest BCUT2D eigenvalue weighted by Gasteiger charge is -2.60. The van der Waals surface area contributed by atoms with Gasteiger partial charge in [0.05, 0.1) is 11.0 Å². The molecule has 7 heteroatoms. The van der Waals surface area contributed by atoms with Gasteiger partial charge in [-0.2, -0.15) is 0 Å². The van der Waals surface area contributed by atoms with Crippen molar-refractivity contribution in [2.75, 3.05) is 6.61 Å². The van der Waals surface area contributed by atoms with Crippen molar-refractivity contribution in [1.29, 1.82) is 0 Å². The van der Waals surface area contributed by atoms with E-state index < -0.39 is 28.1 Å². The minimum atomic E-state index is -1.14. The Labute approximate surface area is 215 Å². The number of amides is 1. The summed E-state index contributed by atoms with van der Waals surface area (Å²) in [6.07, 6.45) is 8.49. The van der Waals surface area contributed by atoms with Gasteiger partial charge in [0.1, 0.15) is 12.7 Å². The number of hydrogen-bond acceptors (Lipinski definition) is 6. The van der Waals surface area contributed by atoms with Crippen LogP contribution in [0, 0.1) is 28.1 Å². The van der Waals surface area contributed by atoms with Crippen molar-refractivity contribution < 1.29 is 29.0 Å². The Balaban J connectivity index is 1.65. The standard InChI is InChI=1S/C29H43NO6/c1-25(2,3)23(32)36-22-9-8-20-27(22,7)13-12-21-28(17-35-24(33)30-26(4,5)6)14-11-19(31)16-18(28)10-15-29(20,21)34/h10,15-16,20-22,34H,8-9,11-14,17H2,1-7H3,(H,30,33)/t20-,21-,22+,27+,28-,29+/m1/s1. The first-order valence-electron chi connectivity index (χ1n) is 13.3. The molecule has 7 nitrogen and oxygen atoms in total. The second-order valence-corrected chi connectivity index (χ2v) is 13.8. The summed E-state index contributed by atoms with van der Waals surface area (Å²) in [6.45, 7) is 13.5. The maximum Gasteiger partial charge on any atom is 0.407 e. The van der Waals surface area contributed by atoms with Gasteiger partial charge in [-0.05, 0) is 85.3 Å². The van der Waals surface area contributed by atoms with Crippen molar-refractivity contribution in [3.05, 3.63) is 23.8 Å². The topological polar surface area (TPSA) is 102 Å². The minimum Gasteiger partial charge on any atom is -0.461 e. The zero-order chi connectivity index (χ0) is 26.7. The number of aliphatic hydroxyl groups is 1. The van der Waals surface area contributed by atoms with E-state index in [0.717, 1.165) is 18.4 Å². The number of carbonyl (C=O) groups is 3. The second kappa shape index (κ2) is 8.71. The maximum absolute atomic E-state index is 12.7. The van der Waals surface area contributed by atoms with Gasteiger partial charge in [0.25, 0.3) is 0 Å². The highest BCUT2D eigenvalue weighted by Crippen LogP contribution is 2.65. The third-order valence-corrected chi connectivity index (χ3v) is 9.04. The van der Waals surface area contributed by atoms with E-state index in [4.69, 9.17) is 9.47 Å². The fourth-order valence-corrected chi connectivity index (χ4v) is 7.16. The summed E-state index contributed by atoms with van der Waals surface area (Å²) in [6, 6.07) is 0. The van der Waals surface area contributed by atoms with Crippen LogP contribution in [0.4, 0.5) is 4.79 Å². The van der Waals surface area contributed by atoms with Crippen molar-refractivity contribution in [2.24, 2.45) is 28.1 Å². The van der Waals surface area contributed by atoms with Crippen molar-refractivity contribution in [3.8, 4) is 0 Å². The molecule has 36 heavy (non-hydrogen) atoms. The predicted octanol–water partition coefficient (Wildman–Crippen LogP) is 4.87. The van der Waals surface area contributed by atoms with Crippen LogP contribution in [0.2, 0.25) is 0 Å². The van der Waals surface area contributed by atoms with E-state index in [-0.39, 0.29) is 41.7 Å². The molecule has 4 aliphatic carbocycles. The monoisotopic (exact) mass is 501 g/mol. The molecule has 0 aromatic carbocycles. The molecule has 2 fully saturated rings. The third-order valence-electron chi connectivity index (χ3n) is 9.04. The number of allylic oxidation sites excluding steroid dienone is 2. The molecule has 1 amide bonds. The Morgan fingerprint density at radius 1 is 1.08 bits per heavy atom. The van der Waals surface area contributed by atoms with Crippen molar-refractivity contribution in [2.45, 2.75) is 104 Å². The van der Waals surface area contributed by atoms with E-state index in [1.165, 1.54) is 0 Å². The summed E-state index contributed by atoms with van der Waals surface area (Å²) in [4.78, 5) is 37.7. The van der Waals surface area contributed by atoms with Gasteiger partial charge in [-0.25, -0.2) is 4.79 Å². The van der Waals surface area contributed by atoms with Crippen molar-refractivity contribution >= 4 is 17.8 Å². The zero-order valence-electron chi connectivity index (χ0n) is 22.9. The highest BCUT2D eigenvalue weighted by Gasteiger charge is 2.66. The Bertz CT molecular complexity index is 1000. The molecular formula is C29H43NO6. The summed E-state index contributed by atoms with van der Waals surface area (Å²) in [5.41, 5.74) is -2.30. The van der Waals surface area contributed by atoms with Gasteiger partial charge in [0.15, 0.2) is 5.78 Å². The van der Waals surface area contributed by atoms with E-state index in [1.807, 2.05) is 53.7 Å². The first-order valence-corrected chi connectivity index (χ1v) is 13.3. The molecule has 0 aromatic heterocycles. The quantitative estimate of drug-likeness (QED) is 0.535. The summed E-state index contributed by atoms with van der Waals surface area (Å²) in [5, 5.41) is 15.2. The van der Waals surface area contributed by atoms with Crippen molar-refractivity contribution in [1.82, 2.24) is 5.32 Å². The molecule has 0 saturated heterocycles. The highest BCUT2D eigenvalue weighted by molar-refractivity contribution is 5.92. The number of carbonyl (C=O) groups excluding carboxylic acids is 3. The SMILES string of the molecule is CC(C)(C)NC(=O)OC[C@]12CCC(=O)C=C1C=C[C@@]1(O)[C@@H]2CC[C@]2(C)[C@@H](OC(=O)C(C)(C)C)CC[C@@H]12. The van der Waals surface area contributed by atoms with Crippen LogP contribution in [-0.4, -0.2) is 46.8 Å². The van der Waals surface area contributed by atoms with E-state index in [0.29, 0.717) is 25.7 Å². The molecule has 0 aliphatic heterocycles. The van der Waals surface area contributed by atoms with Gasteiger partial charge in [-0.15, -0.1) is 0 Å². The van der Waals surface area contributed by atoms with Gasteiger partial charge < -0.3 is 19.9 Å². The molecule has 2 N–H and O–H groups in total. The first kappa shape index (κ1) is 26.9. The molecule has 0 heterocycles. The predicted molar refractivity (Wildman–Crippen MR) is 136 cm³/mol. The fourth-order valence-electron chi connectivity index (χ4n) is 7.16. The average molecular weight is 502 g/mol. The van der Waals surface area contributed by atoms with Crippen LogP contribution < -0.4 is 5.32 Å². The van der Waals surface area contributed by atoms with Gasteiger partial charge in [0.2, 0.25) is 0 Å². The molecule has 2 saturated carbocycles. The summed E-state index contributed by atoms with van der Waals surface area (Å²) >= 11 is 0. The Morgan fingerprint density at radius 3 is 2.42 bits per heavy atom. The van der Waals surface area contributed by atoms with Crippen LogP contribution in [0.25, 0.3) is 0 Å². The molecule has 0 spiro atoms. The number of alkyl carbamates (subject to hydrolysis) is 1. The number of esters is 1. The van der Waals surface area contributed by atoms with E-state index in [1.54, 1.807) is 6.08 Å². The average Bonchev–Trinajstić information content (AvgIpc) is 3.08. The lowest BCUT2D eigenvalue weighted by atomic mass is 9.47. The van der Waals surface area contributed by atoms with Crippen molar-refractivity contribution in [3.63, 3.8) is 0 Å². The maximum atomic E-state index is 12.7. The van der Waals surface area contributed by atoms with Crippen LogP contribution >= 0.6 is 0 Å². The summed E-state index contributed by atoms with van der Waals surface area (Å²) < 4.78 is 11.8. The van der Waals surface area contributed by atoms with Crippen LogP contribution in [0.15, 0.2) is 23.8 Å². The molecular weight excluding hydrogens is 458 g/mol. The van der Waals surface area contributed by atoms with Crippen LogP contribution in [0.5, 0.6) is 0 Å². The smallest absolute Gasteiger partial charge is 0.407 e. The number of rotatable bonds is 3. The van der Waals surface area contributed by atoms with Gasteiger partial charge in [-0.1, -0.05) is 19.1 Å². The van der Waals surface area contributed by atoms with Crippen LogP contribution in [-0.2, 0) is 19.1 Å². The fraction of sp³-hybridized carbons (Fsp3) is 0.759. The highest BCUT2D eigenvalue weighted by atomic mass is 16.6. The number of nitrogens with one attached hydrogen (secondary N) is 1. The molecule has 200 valence electrons. The molecule has 4 rings (SSSR count).